The maximum absolute atomic E-state index is 9.33. The van der Waals surface area contributed by atoms with Crippen molar-refractivity contribution < 1.29 is 27.7 Å². The van der Waals surface area contributed by atoms with E-state index in [4.69, 9.17) is 19.5 Å². The highest BCUT2D eigenvalue weighted by Crippen LogP contribution is 2.45. The van der Waals surface area contributed by atoms with Crippen LogP contribution in [0, 0.1) is 0 Å². The van der Waals surface area contributed by atoms with Crippen LogP contribution in [-0.2, 0) is 0 Å². The molecular weight excluding hydrogens is 520 g/mol. The van der Waals surface area contributed by atoms with Gasteiger partial charge >= 0.3 is 0 Å². The Morgan fingerprint density at radius 3 is 1.67 bits per heavy atom. The molecule has 0 aliphatic heterocycles. The first-order valence-electron chi connectivity index (χ1n) is 21.9. The minimum absolute atomic E-state index is 0.00852. The van der Waals surface area contributed by atoms with Gasteiger partial charge in [0.25, 0.3) is 0 Å². The van der Waals surface area contributed by atoms with Crippen molar-refractivity contribution in [3.63, 3.8) is 0 Å². The normalized spacial score (nSPS) is 17.3. The van der Waals surface area contributed by atoms with E-state index >= 15 is 0 Å². The summed E-state index contributed by atoms with van der Waals surface area (Å²) in [6.45, 7) is 0. The fourth-order valence-electron chi connectivity index (χ4n) is 5.76. The maximum Gasteiger partial charge on any atom is 0.143 e. The van der Waals surface area contributed by atoms with Crippen molar-refractivity contribution in [1.82, 2.24) is 0 Å². The molecule has 0 unspecified atom stereocenters. The topological polar surface area (TPSA) is 13.1 Å². The minimum atomic E-state index is -0.860. The van der Waals surface area contributed by atoms with E-state index in [2.05, 4.69) is 0 Å². The zero-order chi connectivity index (χ0) is 43.1. The molecule has 0 aliphatic carbocycles. The van der Waals surface area contributed by atoms with E-state index in [1.54, 1.807) is 18.2 Å². The van der Waals surface area contributed by atoms with Crippen LogP contribution in [0.4, 0.5) is 0 Å². The highest BCUT2D eigenvalue weighted by atomic mass is 16.3. The van der Waals surface area contributed by atoms with Gasteiger partial charge in [0.15, 0.2) is 0 Å². The van der Waals surface area contributed by atoms with Crippen LogP contribution in [0.5, 0.6) is 0 Å². The molecule has 0 N–H and O–H groups in total. The number of hydrogen-bond acceptors (Lipinski definition) is 1. The Bertz CT molecular complexity index is 3320. The lowest BCUT2D eigenvalue weighted by Crippen LogP contribution is -1.91. The number of hydrogen-bond donors (Lipinski definition) is 0. The Hall–Kier alpha value is -5.66. The van der Waals surface area contributed by atoms with Gasteiger partial charge in [0.1, 0.15) is 11.2 Å². The third kappa shape index (κ3) is 3.72. The third-order valence-corrected chi connectivity index (χ3v) is 7.65. The zero-order valence-corrected chi connectivity index (χ0v) is 22.1. The molecule has 9 rings (SSSR count). The van der Waals surface area contributed by atoms with Gasteiger partial charge in [-0.2, -0.15) is 0 Å². The Balaban J connectivity index is 1.50. The van der Waals surface area contributed by atoms with Gasteiger partial charge in [0.2, 0.25) is 0 Å². The molecule has 0 amide bonds. The summed E-state index contributed by atoms with van der Waals surface area (Å²) in [5.74, 6) is 0. The third-order valence-electron chi connectivity index (χ3n) is 7.65. The van der Waals surface area contributed by atoms with E-state index < -0.39 is 125 Å². The zero-order valence-electron chi connectivity index (χ0n) is 39.1. The van der Waals surface area contributed by atoms with Crippen molar-refractivity contribution in [1.29, 1.82) is 0 Å². The van der Waals surface area contributed by atoms with Crippen molar-refractivity contribution >= 4 is 54.3 Å². The fourth-order valence-corrected chi connectivity index (χ4v) is 5.76. The van der Waals surface area contributed by atoms with Gasteiger partial charge < -0.3 is 4.42 Å². The number of fused-ring (bicyclic) bond motifs is 7. The highest BCUT2D eigenvalue weighted by Gasteiger charge is 2.18. The van der Waals surface area contributed by atoms with E-state index in [1.807, 2.05) is 36.4 Å². The molecule has 0 aliphatic rings. The van der Waals surface area contributed by atoms with E-state index in [0.717, 1.165) is 10.8 Å². The summed E-state index contributed by atoms with van der Waals surface area (Å²) in [6, 6.07) is 3.66. The molecular formula is C42H26O. The maximum atomic E-state index is 9.33. The summed E-state index contributed by atoms with van der Waals surface area (Å²) in [5.41, 5.74) is -0.931. The largest absolute Gasteiger partial charge is 0.455 e. The smallest absolute Gasteiger partial charge is 0.143 e. The average molecular weight is 564 g/mol. The predicted octanol–water partition coefficient (Wildman–Crippen LogP) is 12.0. The van der Waals surface area contributed by atoms with E-state index in [1.165, 1.54) is 0 Å². The Labute approximate surface area is 273 Å². The van der Waals surface area contributed by atoms with Gasteiger partial charge in [-0.1, -0.05) is 139 Å². The van der Waals surface area contributed by atoms with Crippen LogP contribution in [-0.4, -0.2) is 0 Å². The van der Waals surface area contributed by atoms with Crippen molar-refractivity contribution in [2.75, 3.05) is 0 Å². The standard InChI is InChI=1S/C42H26O/c1-2-10-27(11-3-1)28-18-20-30(21-19-28)40-33-14-6-8-16-35(33)41(36-17-9-7-15-34(36)40)31-23-25-39-38(26-31)37-24-22-29-12-4-5-13-32(29)42(37)43-39/h1-26H/i1D,2D,3D,6D,7D,8D,9D,10D,11D,14D,15D,16D,17D,18D,19D,20D,21D. The van der Waals surface area contributed by atoms with Crippen molar-refractivity contribution in [2.24, 2.45) is 0 Å². The predicted molar refractivity (Wildman–Crippen MR) is 183 cm³/mol. The summed E-state index contributed by atoms with van der Waals surface area (Å²) in [6.07, 6.45) is 0. The molecule has 1 nitrogen and oxygen atoms in total. The van der Waals surface area contributed by atoms with Crippen molar-refractivity contribution in [2.45, 2.75) is 0 Å². The SMILES string of the molecule is [2H]c1c([2H])c([2H])c(-c2c([2H])c([2H])c(-c3c4c([2H])c([2H])c([2H])c([2H])c4c(-c4ccc5oc6c7ccccc7ccc6c5c4)c4c([2H])c([2H])c([2H])c([2H])c34)c([2H])c2[2H])c([2H])c1[2H]. The molecule has 8 aromatic carbocycles. The van der Waals surface area contributed by atoms with E-state index in [9.17, 15) is 8.22 Å². The molecule has 0 saturated carbocycles. The van der Waals surface area contributed by atoms with E-state index in [0.29, 0.717) is 21.9 Å². The summed E-state index contributed by atoms with van der Waals surface area (Å²) >= 11 is 0. The lowest BCUT2D eigenvalue weighted by molar-refractivity contribution is 0.672. The van der Waals surface area contributed by atoms with Gasteiger partial charge in [-0.05, 0) is 78.5 Å². The molecule has 0 spiro atoms. The number of furan rings is 1. The lowest BCUT2D eigenvalue weighted by atomic mass is 9.85. The number of rotatable bonds is 3. The van der Waals surface area contributed by atoms with Gasteiger partial charge in [0, 0.05) is 16.2 Å². The van der Waals surface area contributed by atoms with Crippen LogP contribution in [0.15, 0.2) is 162 Å². The quantitative estimate of drug-likeness (QED) is 0.195. The van der Waals surface area contributed by atoms with Gasteiger partial charge in [-0.15, -0.1) is 0 Å². The van der Waals surface area contributed by atoms with E-state index in [-0.39, 0.29) is 32.7 Å². The fraction of sp³-hybridized carbons (Fsp3) is 0. The molecule has 1 heterocycles. The highest BCUT2D eigenvalue weighted by molar-refractivity contribution is 6.22. The second-order valence-corrected chi connectivity index (χ2v) is 9.98. The van der Waals surface area contributed by atoms with Crippen molar-refractivity contribution in [3.05, 3.63) is 157 Å². The van der Waals surface area contributed by atoms with Gasteiger partial charge in [-0.3, -0.25) is 0 Å². The average Bonchev–Trinajstić information content (AvgIpc) is 3.63. The molecule has 0 fully saturated rings. The first-order chi connectivity index (χ1) is 28.4. The van der Waals surface area contributed by atoms with Gasteiger partial charge in [-0.25, -0.2) is 0 Å². The van der Waals surface area contributed by atoms with Crippen LogP contribution in [0.2, 0.25) is 0 Å². The molecule has 1 aromatic heterocycles. The molecule has 200 valence electrons. The molecule has 0 bridgehead atoms. The molecule has 0 atom stereocenters. The monoisotopic (exact) mass is 563 g/mol. The lowest BCUT2D eigenvalue weighted by Gasteiger charge is -2.18. The first-order valence-corrected chi connectivity index (χ1v) is 13.4. The molecule has 0 radical (unpaired) electrons. The van der Waals surface area contributed by atoms with Crippen LogP contribution < -0.4 is 0 Å². The second kappa shape index (κ2) is 9.44. The Morgan fingerprint density at radius 2 is 0.977 bits per heavy atom. The van der Waals surface area contributed by atoms with Crippen LogP contribution in [0.25, 0.3) is 87.6 Å². The summed E-state index contributed by atoms with van der Waals surface area (Å²) in [4.78, 5) is 0. The summed E-state index contributed by atoms with van der Waals surface area (Å²) in [5, 5.41) is 1.93. The molecule has 1 heteroatoms. The minimum Gasteiger partial charge on any atom is -0.455 e. The first kappa shape index (κ1) is 12.7. The van der Waals surface area contributed by atoms with Gasteiger partial charge in [0.05, 0.1) is 23.3 Å². The molecule has 0 saturated heterocycles. The van der Waals surface area contributed by atoms with Crippen LogP contribution >= 0.6 is 0 Å². The Morgan fingerprint density at radius 1 is 0.395 bits per heavy atom. The summed E-state index contributed by atoms with van der Waals surface area (Å²) in [7, 11) is 0. The van der Waals surface area contributed by atoms with Crippen molar-refractivity contribution in [3.8, 4) is 33.4 Å². The van der Waals surface area contributed by atoms with Crippen LogP contribution in [0.1, 0.15) is 23.3 Å². The number of benzene rings is 8. The molecule has 43 heavy (non-hydrogen) atoms. The second-order valence-electron chi connectivity index (χ2n) is 9.98. The molecule has 9 aromatic rings. The Kier molecular flexibility index (Phi) is 2.79. The van der Waals surface area contributed by atoms with Crippen LogP contribution in [0.3, 0.4) is 0 Å². The summed E-state index contributed by atoms with van der Waals surface area (Å²) < 4.78 is 157.